The third-order valence-electron chi connectivity index (χ3n) is 2.98. The SMILES string of the molecule is Cc1ccc(C(=O)C(C)OC(=O)c2cnc(C)cn2)cc1. The van der Waals surface area contributed by atoms with E-state index in [2.05, 4.69) is 9.97 Å². The van der Waals surface area contributed by atoms with Gasteiger partial charge in [0.2, 0.25) is 5.78 Å². The molecule has 1 atom stereocenters. The summed E-state index contributed by atoms with van der Waals surface area (Å²) in [5, 5.41) is 0. The van der Waals surface area contributed by atoms with Gasteiger partial charge in [0.1, 0.15) is 0 Å². The van der Waals surface area contributed by atoms with Crippen molar-refractivity contribution in [1.29, 1.82) is 0 Å². The average molecular weight is 284 g/mol. The first-order valence-electron chi connectivity index (χ1n) is 6.58. The number of carbonyl (C=O) groups is 2. The third kappa shape index (κ3) is 3.72. The molecule has 0 saturated heterocycles. The lowest BCUT2D eigenvalue weighted by atomic mass is 10.1. The zero-order chi connectivity index (χ0) is 15.4. The van der Waals surface area contributed by atoms with Gasteiger partial charge in [-0.15, -0.1) is 0 Å². The van der Waals surface area contributed by atoms with Crippen LogP contribution in [0.4, 0.5) is 0 Å². The lowest BCUT2D eigenvalue weighted by Gasteiger charge is -2.12. The number of hydrogen-bond acceptors (Lipinski definition) is 5. The van der Waals surface area contributed by atoms with Gasteiger partial charge in [-0.1, -0.05) is 29.8 Å². The highest BCUT2D eigenvalue weighted by molar-refractivity contribution is 6.01. The Morgan fingerprint density at radius 1 is 1.05 bits per heavy atom. The molecule has 0 aliphatic carbocycles. The van der Waals surface area contributed by atoms with E-state index >= 15 is 0 Å². The van der Waals surface area contributed by atoms with Gasteiger partial charge < -0.3 is 4.74 Å². The van der Waals surface area contributed by atoms with E-state index in [-0.39, 0.29) is 11.5 Å². The van der Waals surface area contributed by atoms with E-state index in [1.807, 2.05) is 19.1 Å². The Bertz CT molecular complexity index is 648. The number of ketones is 1. The average Bonchev–Trinajstić information content (AvgIpc) is 2.47. The maximum atomic E-state index is 12.2. The first-order valence-corrected chi connectivity index (χ1v) is 6.58. The van der Waals surface area contributed by atoms with Crippen LogP contribution in [-0.4, -0.2) is 27.8 Å². The van der Waals surface area contributed by atoms with Gasteiger partial charge in [-0.3, -0.25) is 9.78 Å². The minimum atomic E-state index is -0.872. The first kappa shape index (κ1) is 14.8. The highest BCUT2D eigenvalue weighted by Gasteiger charge is 2.21. The van der Waals surface area contributed by atoms with Gasteiger partial charge in [-0.25, -0.2) is 9.78 Å². The summed E-state index contributed by atoms with van der Waals surface area (Å²) in [7, 11) is 0. The minimum absolute atomic E-state index is 0.0872. The van der Waals surface area contributed by atoms with Crippen molar-refractivity contribution in [3.63, 3.8) is 0 Å². The molecular weight excluding hydrogens is 268 g/mol. The largest absolute Gasteiger partial charge is 0.449 e. The summed E-state index contributed by atoms with van der Waals surface area (Å²) in [6.07, 6.45) is 1.94. The van der Waals surface area contributed by atoms with E-state index in [0.29, 0.717) is 11.3 Å². The van der Waals surface area contributed by atoms with Crippen LogP contribution in [0.3, 0.4) is 0 Å². The summed E-state index contributed by atoms with van der Waals surface area (Å²) in [5.41, 5.74) is 2.36. The smallest absolute Gasteiger partial charge is 0.359 e. The van der Waals surface area contributed by atoms with Gasteiger partial charge in [0, 0.05) is 11.8 Å². The molecule has 0 bridgehead atoms. The Hall–Kier alpha value is -2.56. The van der Waals surface area contributed by atoms with Gasteiger partial charge in [0.25, 0.3) is 0 Å². The molecule has 2 rings (SSSR count). The Morgan fingerprint density at radius 2 is 1.71 bits per heavy atom. The molecular formula is C16H16N2O3. The molecule has 5 heteroatoms. The number of esters is 1. The molecule has 1 aromatic heterocycles. The highest BCUT2D eigenvalue weighted by Crippen LogP contribution is 2.10. The summed E-state index contributed by atoms with van der Waals surface area (Å²) in [5.74, 6) is -0.904. The number of nitrogens with zero attached hydrogens (tertiary/aromatic N) is 2. The van der Waals surface area contributed by atoms with Crippen molar-refractivity contribution in [2.24, 2.45) is 0 Å². The summed E-state index contributed by atoms with van der Waals surface area (Å²) in [6.45, 7) is 5.25. The van der Waals surface area contributed by atoms with Crippen LogP contribution in [0.1, 0.15) is 39.0 Å². The zero-order valence-electron chi connectivity index (χ0n) is 12.2. The van der Waals surface area contributed by atoms with Crippen molar-refractivity contribution >= 4 is 11.8 Å². The maximum absolute atomic E-state index is 12.2. The highest BCUT2D eigenvalue weighted by atomic mass is 16.5. The van der Waals surface area contributed by atoms with Gasteiger partial charge in [0.05, 0.1) is 11.9 Å². The second-order valence-corrected chi connectivity index (χ2v) is 4.82. The van der Waals surface area contributed by atoms with Crippen LogP contribution in [0, 0.1) is 13.8 Å². The maximum Gasteiger partial charge on any atom is 0.359 e. The number of benzene rings is 1. The Labute approximate surface area is 123 Å². The normalized spacial score (nSPS) is 11.8. The van der Waals surface area contributed by atoms with Gasteiger partial charge in [0.15, 0.2) is 11.8 Å². The van der Waals surface area contributed by atoms with E-state index in [1.54, 1.807) is 26.0 Å². The molecule has 2 aromatic rings. The molecule has 1 aromatic carbocycles. The van der Waals surface area contributed by atoms with E-state index in [1.165, 1.54) is 12.4 Å². The number of aromatic nitrogens is 2. The van der Waals surface area contributed by atoms with Crippen molar-refractivity contribution in [2.75, 3.05) is 0 Å². The topological polar surface area (TPSA) is 69.2 Å². The summed E-state index contributed by atoms with van der Waals surface area (Å²) >= 11 is 0. The molecule has 108 valence electrons. The molecule has 5 nitrogen and oxygen atoms in total. The summed E-state index contributed by atoms with van der Waals surface area (Å²) in [4.78, 5) is 31.9. The van der Waals surface area contributed by atoms with Crippen molar-refractivity contribution in [1.82, 2.24) is 9.97 Å². The van der Waals surface area contributed by atoms with Gasteiger partial charge in [-0.2, -0.15) is 0 Å². The van der Waals surface area contributed by atoms with Gasteiger partial charge >= 0.3 is 5.97 Å². The fourth-order valence-corrected chi connectivity index (χ4v) is 1.72. The quantitative estimate of drug-likeness (QED) is 0.637. The van der Waals surface area contributed by atoms with Crippen molar-refractivity contribution < 1.29 is 14.3 Å². The summed E-state index contributed by atoms with van der Waals surface area (Å²) in [6, 6.07) is 7.11. The zero-order valence-corrected chi connectivity index (χ0v) is 12.2. The van der Waals surface area contributed by atoms with Crippen LogP contribution in [0.5, 0.6) is 0 Å². The lowest BCUT2D eigenvalue weighted by Crippen LogP contribution is -2.25. The molecule has 0 saturated carbocycles. The van der Waals surface area contributed by atoms with Crippen LogP contribution < -0.4 is 0 Å². The Morgan fingerprint density at radius 3 is 2.29 bits per heavy atom. The number of aryl methyl sites for hydroxylation is 2. The molecule has 1 unspecified atom stereocenters. The second kappa shape index (κ2) is 6.26. The number of ether oxygens (including phenoxy) is 1. The minimum Gasteiger partial charge on any atom is -0.449 e. The Kier molecular flexibility index (Phi) is 4.42. The second-order valence-electron chi connectivity index (χ2n) is 4.82. The number of Topliss-reactive ketones (excluding diaryl/α,β-unsaturated/α-hetero) is 1. The molecule has 0 aliphatic heterocycles. The van der Waals surface area contributed by atoms with Crippen LogP contribution in [0.15, 0.2) is 36.7 Å². The molecule has 21 heavy (non-hydrogen) atoms. The fraction of sp³-hybridized carbons (Fsp3) is 0.250. The molecule has 0 N–H and O–H groups in total. The van der Waals surface area contributed by atoms with Crippen LogP contribution >= 0.6 is 0 Å². The number of carbonyl (C=O) groups excluding carboxylic acids is 2. The predicted octanol–water partition coefficient (Wildman–Crippen LogP) is 2.52. The predicted molar refractivity (Wildman–Crippen MR) is 77.2 cm³/mol. The molecule has 0 amide bonds. The van der Waals surface area contributed by atoms with E-state index < -0.39 is 12.1 Å². The van der Waals surface area contributed by atoms with Crippen LogP contribution in [-0.2, 0) is 4.74 Å². The first-order chi connectivity index (χ1) is 9.97. The van der Waals surface area contributed by atoms with Crippen molar-refractivity contribution in [3.8, 4) is 0 Å². The monoisotopic (exact) mass is 284 g/mol. The molecule has 0 aliphatic rings. The fourth-order valence-electron chi connectivity index (χ4n) is 1.72. The lowest BCUT2D eigenvalue weighted by molar-refractivity contribution is 0.0312. The molecule has 0 radical (unpaired) electrons. The number of hydrogen-bond donors (Lipinski definition) is 0. The molecule has 0 fully saturated rings. The van der Waals surface area contributed by atoms with Crippen LogP contribution in [0.2, 0.25) is 0 Å². The Balaban J connectivity index is 2.05. The molecule has 0 spiro atoms. The van der Waals surface area contributed by atoms with E-state index in [9.17, 15) is 9.59 Å². The van der Waals surface area contributed by atoms with Gasteiger partial charge in [-0.05, 0) is 20.8 Å². The third-order valence-corrected chi connectivity index (χ3v) is 2.98. The van der Waals surface area contributed by atoms with Crippen molar-refractivity contribution in [3.05, 3.63) is 59.2 Å². The standard InChI is InChI=1S/C16H16N2O3/c1-10-4-6-13(7-5-10)15(19)12(3)21-16(20)14-9-17-11(2)8-18-14/h4-9,12H,1-3H3. The van der Waals surface area contributed by atoms with Crippen molar-refractivity contribution in [2.45, 2.75) is 26.9 Å². The summed E-state index contributed by atoms with van der Waals surface area (Å²) < 4.78 is 5.13. The number of rotatable bonds is 4. The van der Waals surface area contributed by atoms with E-state index in [0.717, 1.165) is 5.56 Å². The van der Waals surface area contributed by atoms with E-state index in [4.69, 9.17) is 4.74 Å². The van der Waals surface area contributed by atoms with Crippen LogP contribution in [0.25, 0.3) is 0 Å². The molecule has 1 heterocycles.